The Bertz CT molecular complexity index is 2400. The topological polar surface area (TPSA) is 231 Å². The molecule has 3 N–H and O–H groups in total. The zero-order valence-corrected chi connectivity index (χ0v) is 48.9. The van der Waals surface area contributed by atoms with Crippen molar-refractivity contribution in [1.82, 2.24) is 4.90 Å². The Balaban J connectivity index is 1.23. The van der Waals surface area contributed by atoms with Crippen LogP contribution in [-0.2, 0) is 61.8 Å². The van der Waals surface area contributed by atoms with Gasteiger partial charge in [0.25, 0.3) is 11.7 Å². The minimum atomic E-state index is -2.47. The third kappa shape index (κ3) is 16.3. The van der Waals surface area contributed by atoms with Crippen LogP contribution in [0.3, 0.4) is 0 Å². The van der Waals surface area contributed by atoms with E-state index in [4.69, 9.17) is 33.0 Å². The Morgan fingerprint density at radius 3 is 2.25 bits per heavy atom. The van der Waals surface area contributed by atoms with Gasteiger partial charge in [-0.25, -0.2) is 4.79 Å². The number of ether oxygens (including phenoxy) is 5. The van der Waals surface area contributed by atoms with Crippen molar-refractivity contribution in [2.75, 3.05) is 40.6 Å². The standard InChI is InChI=1S/C62H90BNO16/c1-38-19-13-11-14-20-39(2)52(74-9)33-47-26-24-44(7)62(73,80-47)57(69)58(70)64-28-18-17-23-49(64)59(71)78-53(34-50(66)40(3)30-43(6)56(68)48(35-65)55(67)42(5)29-38)41(4)31-45-25-27-51(54(32-45)75-10)79-60(72)61(8)36-76-63(77-37-61)46-21-15-12-16-22-46/h11-16,19-22,30,38,40-42,44-45,47-49,51-54,56,65,68,73H,17-18,23-29,31-37H2,1-10H3/b14-11+,19-13+,39-20+,43-30+. The van der Waals surface area contributed by atoms with Gasteiger partial charge in [-0.1, -0.05) is 101 Å². The third-order valence-electron chi connectivity index (χ3n) is 17.5. The Labute approximate surface area is 474 Å². The number of Topliss-reactive ketones (excluding diaryl/α,β-unsaturated/α-hetero) is 3. The first-order valence-electron chi connectivity index (χ1n) is 29.1. The molecule has 15 atom stereocenters. The number of allylic oxidation sites excluding steroid dienone is 6. The molecule has 0 radical (unpaired) electrons. The first-order valence-corrected chi connectivity index (χ1v) is 29.1. The summed E-state index contributed by atoms with van der Waals surface area (Å²) < 4.78 is 42.5. The largest absolute Gasteiger partial charge is 0.493 e. The lowest BCUT2D eigenvalue weighted by Crippen LogP contribution is -2.61. The van der Waals surface area contributed by atoms with Crippen molar-refractivity contribution < 1.29 is 77.1 Å². The Hall–Kier alpha value is -4.66. The first-order chi connectivity index (χ1) is 38.0. The van der Waals surface area contributed by atoms with Crippen LogP contribution in [0.25, 0.3) is 0 Å². The van der Waals surface area contributed by atoms with Gasteiger partial charge in [-0.3, -0.25) is 24.0 Å². The Kier molecular flexibility index (Phi) is 23.8. The summed E-state index contributed by atoms with van der Waals surface area (Å²) in [7, 11) is 2.54. The number of hydrogen-bond donors (Lipinski definition) is 3. The van der Waals surface area contributed by atoms with Gasteiger partial charge in [0.2, 0.25) is 5.79 Å². The van der Waals surface area contributed by atoms with Gasteiger partial charge < -0.3 is 53.2 Å². The van der Waals surface area contributed by atoms with E-state index in [9.17, 15) is 44.1 Å². The maximum atomic E-state index is 14.7. The number of hydrogen-bond acceptors (Lipinski definition) is 16. The van der Waals surface area contributed by atoms with Crippen molar-refractivity contribution in [2.45, 2.75) is 181 Å². The average molecular weight is 1120 g/mol. The van der Waals surface area contributed by atoms with Gasteiger partial charge in [-0.05, 0) is 119 Å². The van der Waals surface area contributed by atoms with Gasteiger partial charge in [0.15, 0.2) is 0 Å². The number of aliphatic hydroxyl groups is 3. The SMILES string of the molecule is COC1CC2CCC(C)C(O)(O2)C(=O)C(=O)N2CCCCC2C(=O)OC(C(C)CC2CCC(OC(=O)C3(C)COB(c4ccccc4)OC3)C(OC)C2)CC(=O)C(C)/C=C(\C)C(O)C(CO)C(=O)C(C)CC(C)/C=C/C=C/C=C/1C. The maximum Gasteiger partial charge on any atom is 0.493 e. The molecule has 1 aliphatic carbocycles. The van der Waals surface area contributed by atoms with Crippen molar-refractivity contribution in [3.8, 4) is 0 Å². The lowest BCUT2D eigenvalue weighted by Gasteiger charge is -2.42. The highest BCUT2D eigenvalue weighted by Gasteiger charge is 2.53. The number of cyclic esters (lactones) is 1. The minimum absolute atomic E-state index is 0.00989. The molecule has 15 unspecified atom stereocenters. The maximum absolute atomic E-state index is 14.7. The number of nitrogens with zero attached hydrogens (tertiary/aromatic N) is 1. The minimum Gasteiger partial charge on any atom is -0.460 e. The molecule has 1 saturated carbocycles. The number of benzene rings is 1. The first kappa shape index (κ1) is 64.5. The number of aliphatic hydroxyl groups excluding tert-OH is 2. The predicted molar refractivity (Wildman–Crippen MR) is 301 cm³/mol. The summed E-state index contributed by atoms with van der Waals surface area (Å²) in [5.41, 5.74) is 0.996. The molecular formula is C62H90BNO16. The van der Waals surface area contributed by atoms with Crippen molar-refractivity contribution in [1.29, 1.82) is 0 Å². The zero-order valence-electron chi connectivity index (χ0n) is 48.9. The zero-order chi connectivity index (χ0) is 58.5. The van der Waals surface area contributed by atoms with Crippen molar-refractivity contribution in [3.63, 3.8) is 0 Å². The fourth-order valence-electron chi connectivity index (χ4n) is 12.2. The fraction of sp³-hybridized carbons (Fsp3) is 0.677. The van der Waals surface area contributed by atoms with Crippen LogP contribution in [0.5, 0.6) is 0 Å². The fourth-order valence-corrected chi connectivity index (χ4v) is 12.2. The van der Waals surface area contributed by atoms with E-state index in [1.165, 1.54) is 4.90 Å². The van der Waals surface area contributed by atoms with Gasteiger partial charge in [-0.2, -0.15) is 0 Å². The van der Waals surface area contributed by atoms with Crippen LogP contribution in [0.4, 0.5) is 0 Å². The van der Waals surface area contributed by atoms with Crippen LogP contribution >= 0.6 is 0 Å². The van der Waals surface area contributed by atoms with Crippen LogP contribution < -0.4 is 5.46 Å². The number of carbonyl (C=O) groups is 6. The number of fused-ring (bicyclic) bond motifs is 3. The second kappa shape index (κ2) is 29.5. The van der Waals surface area contributed by atoms with Gasteiger partial charge in [0.1, 0.15) is 35.2 Å². The molecule has 4 heterocycles. The summed E-state index contributed by atoms with van der Waals surface area (Å²) in [6.45, 7) is 13.9. The van der Waals surface area contributed by atoms with Crippen LogP contribution in [0.15, 0.2) is 77.9 Å². The van der Waals surface area contributed by atoms with Gasteiger partial charge >= 0.3 is 19.1 Å². The van der Waals surface area contributed by atoms with E-state index in [0.29, 0.717) is 69.8 Å². The molecule has 17 nitrogen and oxygen atoms in total. The van der Waals surface area contributed by atoms with Crippen LogP contribution in [0.2, 0.25) is 0 Å². The average Bonchev–Trinajstić information content (AvgIpc) is 3.57. The highest BCUT2D eigenvalue weighted by Crippen LogP contribution is 2.39. The van der Waals surface area contributed by atoms with Crippen LogP contribution in [-0.4, -0.2) is 152 Å². The highest BCUT2D eigenvalue weighted by atomic mass is 16.6. The number of piperidine rings is 1. The van der Waals surface area contributed by atoms with Crippen molar-refractivity contribution in [2.24, 2.45) is 46.8 Å². The lowest BCUT2D eigenvalue weighted by atomic mass is 9.75. The second-order valence-electron chi connectivity index (χ2n) is 24.0. The molecule has 6 rings (SSSR count). The Morgan fingerprint density at radius 2 is 1.57 bits per heavy atom. The third-order valence-corrected chi connectivity index (χ3v) is 17.5. The molecule has 0 aromatic heterocycles. The molecule has 80 heavy (non-hydrogen) atoms. The molecular weight excluding hydrogens is 1030 g/mol. The van der Waals surface area contributed by atoms with Crippen molar-refractivity contribution >= 4 is 47.8 Å². The van der Waals surface area contributed by atoms with E-state index in [0.717, 1.165) is 11.0 Å². The van der Waals surface area contributed by atoms with Crippen molar-refractivity contribution in [3.05, 3.63) is 77.9 Å². The monoisotopic (exact) mass is 1120 g/mol. The van der Waals surface area contributed by atoms with Gasteiger partial charge in [-0.15, -0.1) is 0 Å². The lowest BCUT2D eigenvalue weighted by molar-refractivity contribution is -0.265. The van der Waals surface area contributed by atoms with E-state index in [1.807, 2.05) is 81.5 Å². The molecule has 2 bridgehead atoms. The van der Waals surface area contributed by atoms with Gasteiger partial charge in [0.05, 0.1) is 36.9 Å². The summed E-state index contributed by atoms with van der Waals surface area (Å²) in [4.78, 5) is 86.7. The summed E-state index contributed by atoms with van der Waals surface area (Å²) in [6.07, 6.45) is 11.2. The molecule has 4 fully saturated rings. The quantitative estimate of drug-likeness (QED) is 0.100. The Morgan fingerprint density at radius 1 is 0.863 bits per heavy atom. The second-order valence-corrected chi connectivity index (χ2v) is 24.0. The molecule has 5 aliphatic rings. The highest BCUT2D eigenvalue weighted by molar-refractivity contribution is 6.61. The van der Waals surface area contributed by atoms with E-state index >= 15 is 0 Å². The number of ketones is 3. The van der Waals surface area contributed by atoms with E-state index in [2.05, 4.69) is 0 Å². The number of carbonyl (C=O) groups excluding carboxylic acids is 6. The molecule has 442 valence electrons. The summed E-state index contributed by atoms with van der Waals surface area (Å²) in [5.74, 6) is -10.2. The molecule has 3 saturated heterocycles. The van der Waals surface area contributed by atoms with Crippen LogP contribution in [0, 0.1) is 46.8 Å². The number of rotatable bonds is 9. The van der Waals surface area contributed by atoms with E-state index < -0.39 is 121 Å². The molecule has 0 spiro atoms. The molecule has 18 heteroatoms. The van der Waals surface area contributed by atoms with E-state index in [-0.39, 0.29) is 56.0 Å². The predicted octanol–water partition coefficient (Wildman–Crippen LogP) is 6.77. The molecule has 1 amide bonds. The number of amides is 1. The number of esters is 2. The molecule has 1 aromatic carbocycles. The summed E-state index contributed by atoms with van der Waals surface area (Å²) >= 11 is 0. The normalized spacial score (nSPS) is 36.8. The van der Waals surface area contributed by atoms with Crippen LogP contribution in [0.1, 0.15) is 132 Å². The smallest absolute Gasteiger partial charge is 0.460 e. The summed E-state index contributed by atoms with van der Waals surface area (Å²) in [6, 6.07) is 8.30. The molecule has 4 aliphatic heterocycles. The van der Waals surface area contributed by atoms with Gasteiger partial charge in [0, 0.05) is 64.6 Å². The van der Waals surface area contributed by atoms with E-state index in [1.54, 1.807) is 54.9 Å². The molecule has 1 aromatic rings. The number of methoxy groups -OCH3 is 2. The summed E-state index contributed by atoms with van der Waals surface area (Å²) in [5, 5.41) is 34.1.